The van der Waals surface area contributed by atoms with Crippen LogP contribution in [0.5, 0.6) is 0 Å². The van der Waals surface area contributed by atoms with E-state index < -0.39 is 5.97 Å². The summed E-state index contributed by atoms with van der Waals surface area (Å²) in [6.45, 7) is 2.31. The van der Waals surface area contributed by atoms with Crippen LogP contribution in [0.25, 0.3) is 10.9 Å². The minimum absolute atomic E-state index is 0.0542. The first kappa shape index (κ1) is 22.5. The maximum absolute atomic E-state index is 13.4. The van der Waals surface area contributed by atoms with Crippen molar-refractivity contribution < 1.29 is 14.3 Å². The number of nitrogens with zero attached hydrogens (tertiary/aromatic N) is 2. The number of aromatic nitrogens is 2. The van der Waals surface area contributed by atoms with Crippen molar-refractivity contribution in [1.29, 1.82) is 0 Å². The quantitative estimate of drug-likeness (QED) is 0.166. The van der Waals surface area contributed by atoms with Crippen LogP contribution in [-0.4, -0.2) is 33.7 Å². The van der Waals surface area contributed by atoms with E-state index in [1.807, 2.05) is 48.5 Å². The minimum Gasteiger partial charge on any atom is -0.462 e. The van der Waals surface area contributed by atoms with E-state index in [9.17, 15) is 14.4 Å². The van der Waals surface area contributed by atoms with Crippen LogP contribution in [0.4, 0.5) is 0 Å². The summed E-state index contributed by atoms with van der Waals surface area (Å²) in [6, 6.07) is 23.3. The third-order valence-electron chi connectivity index (χ3n) is 5.04. The largest absolute Gasteiger partial charge is 0.462 e. The van der Waals surface area contributed by atoms with Crippen molar-refractivity contribution in [3.8, 4) is 0 Å². The molecule has 0 saturated carbocycles. The van der Waals surface area contributed by atoms with E-state index in [1.165, 1.54) is 11.8 Å². The second kappa shape index (κ2) is 10.3. The fraction of sp³-hybridized carbons (Fsp3) is 0.154. The molecule has 0 aliphatic carbocycles. The van der Waals surface area contributed by atoms with Gasteiger partial charge < -0.3 is 4.74 Å². The van der Waals surface area contributed by atoms with Crippen molar-refractivity contribution in [2.24, 2.45) is 0 Å². The van der Waals surface area contributed by atoms with Gasteiger partial charge in [-0.05, 0) is 30.7 Å². The molecule has 166 valence electrons. The number of ketones is 1. The van der Waals surface area contributed by atoms with Crippen molar-refractivity contribution >= 4 is 34.4 Å². The van der Waals surface area contributed by atoms with E-state index >= 15 is 0 Å². The normalized spacial score (nSPS) is 10.8. The van der Waals surface area contributed by atoms with E-state index in [1.54, 1.807) is 41.8 Å². The van der Waals surface area contributed by atoms with E-state index in [0.29, 0.717) is 33.7 Å². The summed E-state index contributed by atoms with van der Waals surface area (Å²) in [5.74, 6) is -0.390. The van der Waals surface area contributed by atoms with Crippen LogP contribution >= 0.6 is 11.8 Å². The molecule has 0 N–H and O–H groups in total. The molecule has 6 nitrogen and oxygen atoms in total. The summed E-state index contributed by atoms with van der Waals surface area (Å²) >= 11 is 1.21. The Morgan fingerprint density at radius 1 is 0.939 bits per heavy atom. The average Bonchev–Trinajstić information content (AvgIpc) is 2.85. The molecule has 4 aromatic rings. The summed E-state index contributed by atoms with van der Waals surface area (Å²) < 4.78 is 6.64. The van der Waals surface area contributed by atoms with Crippen molar-refractivity contribution in [2.45, 2.75) is 18.6 Å². The van der Waals surface area contributed by atoms with Gasteiger partial charge in [-0.3, -0.25) is 14.2 Å². The Morgan fingerprint density at radius 3 is 2.33 bits per heavy atom. The molecule has 0 spiro atoms. The summed E-state index contributed by atoms with van der Waals surface area (Å²) in [5.41, 5.74) is 2.04. The molecule has 4 rings (SSSR count). The number of benzene rings is 3. The molecule has 0 saturated heterocycles. The first-order valence-electron chi connectivity index (χ1n) is 10.5. The summed E-state index contributed by atoms with van der Waals surface area (Å²) in [4.78, 5) is 42.9. The molecule has 7 heteroatoms. The Hall–Kier alpha value is -3.71. The highest BCUT2D eigenvalue weighted by atomic mass is 32.2. The van der Waals surface area contributed by atoms with E-state index in [2.05, 4.69) is 4.98 Å². The number of ether oxygens (including phenoxy) is 1. The molecule has 0 unspecified atom stereocenters. The van der Waals surface area contributed by atoms with Crippen LogP contribution in [-0.2, 0) is 11.3 Å². The number of esters is 1. The Kier molecular flexibility index (Phi) is 7.00. The van der Waals surface area contributed by atoms with Crippen LogP contribution in [0.2, 0.25) is 0 Å². The standard InChI is InChI=1S/C26H22N2O4S/c1-2-32-25(31)20-13-14-21-22(15-20)27-26(33-17-23(29)19-11-7-4-8-12-19)28(24(21)30)16-18-9-5-3-6-10-18/h3-15H,2,16-17H2,1H3. The molecule has 0 amide bonds. The molecule has 0 bridgehead atoms. The molecule has 33 heavy (non-hydrogen) atoms. The average molecular weight is 459 g/mol. The molecule has 0 aliphatic rings. The van der Waals surface area contributed by atoms with Gasteiger partial charge in [0.25, 0.3) is 5.56 Å². The lowest BCUT2D eigenvalue weighted by Gasteiger charge is -2.14. The number of carbonyl (C=O) groups is 2. The van der Waals surface area contributed by atoms with Gasteiger partial charge in [0.05, 0.1) is 35.4 Å². The number of thioether (sulfide) groups is 1. The highest BCUT2D eigenvalue weighted by Crippen LogP contribution is 2.21. The van der Waals surface area contributed by atoms with Gasteiger partial charge in [-0.1, -0.05) is 72.4 Å². The van der Waals surface area contributed by atoms with Crippen LogP contribution < -0.4 is 5.56 Å². The number of Topliss-reactive ketones (excluding diaryl/α,β-unsaturated/α-hetero) is 1. The van der Waals surface area contributed by atoms with Gasteiger partial charge in [-0.15, -0.1) is 0 Å². The SMILES string of the molecule is CCOC(=O)c1ccc2c(=O)n(Cc3ccccc3)c(SCC(=O)c3ccccc3)nc2c1. The van der Waals surface area contributed by atoms with Crippen molar-refractivity contribution in [3.05, 3.63) is 106 Å². The number of fused-ring (bicyclic) bond motifs is 1. The van der Waals surface area contributed by atoms with E-state index in [4.69, 9.17) is 4.74 Å². The summed E-state index contributed by atoms with van der Waals surface area (Å²) in [5, 5.41) is 0.819. The maximum atomic E-state index is 13.4. The lowest BCUT2D eigenvalue weighted by atomic mass is 10.1. The zero-order valence-corrected chi connectivity index (χ0v) is 18.9. The van der Waals surface area contributed by atoms with Crippen LogP contribution in [0.3, 0.4) is 0 Å². The van der Waals surface area contributed by atoms with Gasteiger partial charge in [0.1, 0.15) is 0 Å². The number of hydrogen-bond acceptors (Lipinski definition) is 6. The predicted molar refractivity (Wildman–Crippen MR) is 129 cm³/mol. The zero-order chi connectivity index (χ0) is 23.2. The lowest BCUT2D eigenvalue weighted by molar-refractivity contribution is 0.0526. The van der Waals surface area contributed by atoms with Crippen molar-refractivity contribution in [3.63, 3.8) is 0 Å². The van der Waals surface area contributed by atoms with Crippen LogP contribution in [0.1, 0.15) is 33.2 Å². The Morgan fingerprint density at radius 2 is 1.64 bits per heavy atom. The first-order valence-corrected chi connectivity index (χ1v) is 11.5. The molecule has 3 aromatic carbocycles. The fourth-order valence-corrected chi connectivity index (χ4v) is 4.29. The number of rotatable bonds is 8. The molecule has 1 aromatic heterocycles. The lowest BCUT2D eigenvalue weighted by Crippen LogP contribution is -2.24. The van der Waals surface area contributed by atoms with Gasteiger partial charge in [0.15, 0.2) is 10.9 Å². The van der Waals surface area contributed by atoms with Gasteiger partial charge >= 0.3 is 5.97 Å². The Balaban J connectivity index is 1.74. The highest BCUT2D eigenvalue weighted by molar-refractivity contribution is 7.99. The zero-order valence-electron chi connectivity index (χ0n) is 18.1. The van der Waals surface area contributed by atoms with Gasteiger partial charge in [-0.25, -0.2) is 9.78 Å². The Bertz CT molecular complexity index is 1350. The molecule has 1 heterocycles. The minimum atomic E-state index is -0.469. The first-order chi connectivity index (χ1) is 16.1. The number of carbonyl (C=O) groups excluding carboxylic acids is 2. The maximum Gasteiger partial charge on any atom is 0.338 e. The predicted octanol–water partition coefficient (Wildman–Crippen LogP) is 4.60. The van der Waals surface area contributed by atoms with E-state index in [-0.39, 0.29) is 23.7 Å². The molecule has 0 aliphatic heterocycles. The highest BCUT2D eigenvalue weighted by Gasteiger charge is 2.16. The second-order valence-electron chi connectivity index (χ2n) is 7.30. The van der Waals surface area contributed by atoms with Crippen molar-refractivity contribution in [1.82, 2.24) is 9.55 Å². The van der Waals surface area contributed by atoms with Crippen LogP contribution in [0, 0.1) is 0 Å². The monoisotopic (exact) mass is 458 g/mol. The fourth-order valence-electron chi connectivity index (χ4n) is 3.40. The third-order valence-corrected chi connectivity index (χ3v) is 6.02. The smallest absolute Gasteiger partial charge is 0.338 e. The molecule has 0 atom stereocenters. The molecular weight excluding hydrogens is 436 g/mol. The topological polar surface area (TPSA) is 78.3 Å². The molecule has 0 radical (unpaired) electrons. The summed E-state index contributed by atoms with van der Waals surface area (Å²) in [7, 11) is 0. The van der Waals surface area contributed by atoms with Crippen LogP contribution in [0.15, 0.2) is 88.8 Å². The molecular formula is C26H22N2O4S. The Labute approximate surface area is 195 Å². The molecule has 0 fully saturated rings. The number of hydrogen-bond donors (Lipinski definition) is 0. The van der Waals surface area contributed by atoms with Gasteiger partial charge in [-0.2, -0.15) is 0 Å². The third kappa shape index (κ3) is 5.21. The second-order valence-corrected chi connectivity index (χ2v) is 8.24. The van der Waals surface area contributed by atoms with Gasteiger partial charge in [0, 0.05) is 5.56 Å². The van der Waals surface area contributed by atoms with Crippen molar-refractivity contribution in [2.75, 3.05) is 12.4 Å². The van der Waals surface area contributed by atoms with Gasteiger partial charge in [0.2, 0.25) is 0 Å². The van der Waals surface area contributed by atoms with E-state index in [0.717, 1.165) is 5.56 Å². The summed E-state index contributed by atoms with van der Waals surface area (Å²) in [6.07, 6.45) is 0.